The Labute approximate surface area is 829 Å². The third-order valence-electron chi connectivity index (χ3n) is 27.9. The van der Waals surface area contributed by atoms with E-state index in [1.807, 2.05) is 0 Å². The van der Waals surface area contributed by atoms with Gasteiger partial charge in [0.15, 0.2) is 74.9 Å². The minimum Gasteiger partial charge on any atom is -0.394 e. The van der Waals surface area contributed by atoms with Crippen LogP contribution in [0.3, 0.4) is 0 Å². The zero-order chi connectivity index (χ0) is 107. The molecule has 3 saturated carbocycles. The van der Waals surface area contributed by atoms with Gasteiger partial charge in [-0.3, -0.25) is 14.4 Å². The molecule has 846 valence electrons. The second kappa shape index (κ2) is 55.4. The summed E-state index contributed by atoms with van der Waals surface area (Å²) < 4.78 is 148. The third kappa shape index (κ3) is 29.2. The lowest BCUT2D eigenvalue weighted by Gasteiger charge is -2.46. The van der Waals surface area contributed by atoms with E-state index in [1.54, 1.807) is 0 Å². The van der Waals surface area contributed by atoms with Crippen molar-refractivity contribution >= 4 is 17.7 Å². The number of carbonyl (C=O) groups excluding carboxylic acids is 3. The highest BCUT2D eigenvalue weighted by Crippen LogP contribution is 2.41. The van der Waals surface area contributed by atoms with E-state index in [9.17, 15) is 125 Å². The first-order valence-corrected chi connectivity index (χ1v) is 48.1. The molecule has 3 amide bonds. The molecule has 9 aliphatic heterocycles. The summed E-state index contributed by atoms with van der Waals surface area (Å²) >= 11 is 0. The predicted octanol–water partition coefficient (Wildman–Crippen LogP) is -24.7. The summed E-state index contributed by atoms with van der Waals surface area (Å²) in [7, 11) is 0. The van der Waals surface area contributed by atoms with Crippen molar-refractivity contribution < 1.29 is 210 Å². The Kier molecular flexibility index (Phi) is 46.9. The van der Waals surface area contributed by atoms with Crippen molar-refractivity contribution in [3.8, 4) is 0 Å². The van der Waals surface area contributed by atoms with Crippen LogP contribution in [0.15, 0.2) is 0 Å². The Morgan fingerprint density at radius 2 is 0.566 bits per heavy atom. The van der Waals surface area contributed by atoms with Gasteiger partial charge in [-0.25, -0.2) is 13.2 Å². The van der Waals surface area contributed by atoms with Crippen molar-refractivity contribution in [2.75, 3.05) is 78.7 Å². The van der Waals surface area contributed by atoms with Gasteiger partial charge in [0.05, 0.1) is 99.1 Å². The molecule has 9 saturated heterocycles. The van der Waals surface area contributed by atoms with Gasteiger partial charge in [0, 0.05) is 70.5 Å². The van der Waals surface area contributed by atoms with E-state index in [2.05, 4.69) is 16.0 Å². The van der Waals surface area contributed by atoms with Gasteiger partial charge < -0.3 is 301 Å². The predicted molar refractivity (Wildman–Crippen MR) is 480 cm³/mol. The van der Waals surface area contributed by atoms with Crippen LogP contribution in [0.25, 0.3) is 0 Å². The molecule has 56 atom stereocenters. The van der Waals surface area contributed by atoms with Crippen LogP contribution in [0.2, 0.25) is 0 Å². The molecule has 12 aliphatic rings. The maximum Gasteiger partial charge on any atom is 0.294 e. The van der Waals surface area contributed by atoms with Crippen molar-refractivity contribution in [1.82, 2.24) is 16.0 Å². The number of alkyl halides is 3. The normalized spacial score (nSPS) is 46.3. The van der Waals surface area contributed by atoms with Crippen LogP contribution in [0.4, 0.5) is 13.2 Å². The van der Waals surface area contributed by atoms with E-state index in [0.717, 1.165) is 0 Å². The van der Waals surface area contributed by atoms with Gasteiger partial charge in [-0.2, -0.15) is 0 Å². The van der Waals surface area contributed by atoms with Crippen LogP contribution in [-0.4, -0.2) is 542 Å². The summed E-state index contributed by atoms with van der Waals surface area (Å²) in [6, 6.07) is -12.6. The molecule has 0 bridgehead atoms. The number of ether oxygens (including phenoxy) is 18. The van der Waals surface area contributed by atoms with Gasteiger partial charge in [-0.05, 0) is 57.8 Å². The molecule has 64 heteroatoms. The topological polar surface area (TPSA) is 1110 Å². The molecule has 9 heterocycles. The molecule has 12 rings (SSSR count). The van der Waals surface area contributed by atoms with E-state index in [0.29, 0.717) is 38.5 Å². The molecular weight excluding hydrogens is 1960 g/mol. The molecule has 0 aromatic heterocycles. The van der Waals surface area contributed by atoms with E-state index in [1.165, 1.54) is 0 Å². The van der Waals surface area contributed by atoms with Crippen molar-refractivity contribution in [2.45, 2.75) is 407 Å². The van der Waals surface area contributed by atoms with Crippen LogP contribution in [0.1, 0.15) is 57.8 Å². The van der Waals surface area contributed by atoms with Crippen LogP contribution in [0, 0.1) is 0 Å². The monoisotopic (exact) mass is 2120 g/mol. The molecule has 12 fully saturated rings. The lowest BCUT2D eigenvalue weighted by Crippen LogP contribution is -2.67. The Balaban J connectivity index is 0.000000223. The Morgan fingerprint density at radius 3 is 0.821 bits per heavy atom. The van der Waals surface area contributed by atoms with Crippen LogP contribution in [0.5, 0.6) is 0 Å². The van der Waals surface area contributed by atoms with Crippen molar-refractivity contribution in [1.29, 1.82) is 0 Å². The SMILES string of the molecule is NC[C@@H]1CC[C@@H](N)[C@@H](O[C@H]2[C@H](O[C@@H]3O[C@H](CO)[C@@H](O[C@H]4O[C@@H](CN)[C@@H](O)[C@H](O)[C@H]4N)[C@H]3O)[C@@H](O)[C@H](NC(=O)C(O)C(F)(F)CN)C[C@@H]2N)O1.NC[C@@H]1CC[C@@H](N)[C@@H](O[C@H]2[C@H](O[C@@H]3O[C@H](CO)[C@@H](O[C@H]4O[C@@H](CN)[C@@H](O)[C@H](O)[C@H]4N)[C@H]3O)[C@@H](O)[C@H](NC(=O)C(O)[C@@H](F)CN)C[C@@H]2N)O1.NC[C@@H]1CC[C@@H](N)[C@@H](O[C@H]2[C@H](O[C@@H]3O[C@H](CO)[C@@H](O[C@H]4O[C@@H](CN)[C@@H](O)[C@H](O)[C@H]4N)[C@H]3O)[C@@H](O)[C@H](NC(=O)[C@@H](O)[C@@H](O)CN)C[C@@H]2N)O1. The minimum absolute atomic E-state index is 0.0996. The lowest BCUT2D eigenvalue weighted by atomic mass is 9.83. The Bertz CT molecular complexity index is 3730. The Morgan fingerprint density at radius 1 is 0.303 bits per heavy atom. The summed E-state index contributed by atoms with van der Waals surface area (Å²) in [4.78, 5) is 37.9. The van der Waals surface area contributed by atoms with Gasteiger partial charge in [-0.1, -0.05) is 0 Å². The highest BCUT2D eigenvalue weighted by Gasteiger charge is 2.61. The zero-order valence-electron chi connectivity index (χ0n) is 79.3. The maximum absolute atomic E-state index is 14.0. The first-order valence-electron chi connectivity index (χ1n) is 48.1. The molecule has 0 spiro atoms. The molecule has 0 aromatic rings. The number of aliphatic hydroxyl groups excluding tert-OH is 19. The summed E-state index contributed by atoms with van der Waals surface area (Å²) in [5, 5.41) is 207. The highest BCUT2D eigenvalue weighted by atomic mass is 19.3. The fourth-order valence-corrected chi connectivity index (χ4v) is 19.0. The van der Waals surface area contributed by atoms with Crippen molar-refractivity contribution in [3.05, 3.63) is 0 Å². The van der Waals surface area contributed by atoms with E-state index in [4.69, 9.17) is 188 Å². The van der Waals surface area contributed by atoms with Gasteiger partial charge >= 0.3 is 0 Å². The van der Waals surface area contributed by atoms with Crippen molar-refractivity contribution in [2.24, 2.45) is 103 Å². The molecule has 145 heavy (non-hydrogen) atoms. The quantitative estimate of drug-likeness (QED) is 0.0272. The molecule has 2 unspecified atom stereocenters. The number of rotatable bonds is 39. The number of hydrogen-bond donors (Lipinski definition) is 40. The third-order valence-corrected chi connectivity index (χ3v) is 27.9. The summed E-state index contributed by atoms with van der Waals surface area (Å²) in [6.07, 6.45) is -59.7. The number of hydrogen-bond acceptors (Lipinski definition) is 58. The zero-order valence-corrected chi connectivity index (χ0v) is 79.3. The second-order valence-electron chi connectivity index (χ2n) is 38.2. The number of aliphatic hydroxyl groups is 19. The molecule has 0 aromatic carbocycles. The average molecular weight is 2120 g/mol. The molecule has 58 N–H and O–H groups in total. The maximum atomic E-state index is 14.0. The largest absolute Gasteiger partial charge is 0.394 e. The molecule has 3 aliphatic carbocycles. The number of amides is 3. The van der Waals surface area contributed by atoms with Crippen molar-refractivity contribution in [3.63, 3.8) is 0 Å². The fourth-order valence-electron chi connectivity index (χ4n) is 19.0. The average Bonchev–Trinajstić information content (AvgIpc) is 1.68. The smallest absolute Gasteiger partial charge is 0.294 e. The van der Waals surface area contributed by atoms with Crippen LogP contribution in [-0.2, 0) is 99.6 Å². The molecule has 0 radical (unpaired) electrons. The first kappa shape index (κ1) is 123. The first-order chi connectivity index (χ1) is 68.6. The van der Waals surface area contributed by atoms with Gasteiger partial charge in [0.25, 0.3) is 23.6 Å². The number of halogens is 3. The second-order valence-corrected chi connectivity index (χ2v) is 38.2. The summed E-state index contributed by atoms with van der Waals surface area (Å²) in [6.45, 7) is -4.58. The Hall–Kier alpha value is -4.00. The minimum atomic E-state index is -3.99. The van der Waals surface area contributed by atoms with E-state index >= 15 is 0 Å². The summed E-state index contributed by atoms with van der Waals surface area (Å²) in [5.74, 6) is -7.74. The standard InChI is InChI=1S/C27H51F2N7O13.C27H52FN7O13.C27H53N7O14/c28-27(29,7-32)22(42)23(43)36-11-3-10(34)19(47-24-9(33)2-1-8(4-30)44-24)21(15(11)38)49-26-18(41)20(13(6-37)46-26)48-25-14(35)17(40)16(39)12(5-31)45-25;28-9(5-30)16(37)24(42)35-12-3-11(33)21(46-25-10(32)2-1-8(4-29)43-25)23(17(12)38)48-27-20(41)22(14(7-36)45-27)47-26-15(34)19(40)18(39)13(6-31)44-26;28-4-8-1-2-9(31)25(43-8)46-21-10(32)3-11(34-24(42)17(38)12(36)5-29)16(37)23(21)48-27-20(41)22(14(7-35)45-27)47-26-15(33)19(40)18(39)13(6-30)44-26/h8-22,24-26,37-42H,1-7,30-35H2,(H,36,43);8-23,25-27,36-41H,1-7,29-34H2,(H,35,42);8-23,25-27,35-41H,1-7,28-33H2,(H,34,42)/t8-,9+,10-,11+,12-,13+,14+,15-,16+,17+,18+,19+,20+,21+,22?,24+,25+,26-;8-,9-,10+,11-,12+,13-,14+,15+,16?,17-,18+,19+,20+,21+,22+,23+,25+,26+,27-;8-,9+,10-,11+,12-,13-,14+,15+,16-,17-,18+,19+,20+,21+,22+,23+,25+,26+,27-/m000/s1. The van der Waals surface area contributed by atoms with Crippen LogP contribution >= 0.6 is 0 Å². The van der Waals surface area contributed by atoms with Crippen LogP contribution < -0.4 is 119 Å². The highest BCUT2D eigenvalue weighted by molar-refractivity contribution is 5.82. The fraction of sp³-hybridized carbons (Fsp3) is 0.963. The number of carbonyl (C=O) groups is 3. The lowest BCUT2D eigenvalue weighted by molar-refractivity contribution is -0.289. The molecule has 61 nitrogen and oxygen atoms in total. The van der Waals surface area contributed by atoms with Gasteiger partial charge in [0.1, 0.15) is 177 Å². The number of nitrogens with one attached hydrogen (secondary N) is 3. The van der Waals surface area contributed by atoms with E-state index < -0.39 is 394 Å². The van der Waals surface area contributed by atoms with Gasteiger partial charge in [0.2, 0.25) is 0 Å². The summed E-state index contributed by atoms with van der Waals surface area (Å²) in [5.41, 5.74) is 106. The van der Waals surface area contributed by atoms with E-state index in [-0.39, 0.29) is 70.7 Å². The molecular formula is C81H156F3N21O40. The number of nitrogens with two attached hydrogens (primary N) is 18. The van der Waals surface area contributed by atoms with Gasteiger partial charge in [-0.15, -0.1) is 0 Å².